The van der Waals surface area contributed by atoms with E-state index in [1.807, 2.05) is 36.4 Å². The van der Waals surface area contributed by atoms with Gasteiger partial charge in [-0.1, -0.05) is 24.9 Å². The van der Waals surface area contributed by atoms with Crippen LogP contribution in [0, 0.1) is 0 Å². The number of unbranched alkanes of at least 4 members (excludes halogenated alkanes) is 1. The number of furan rings is 1. The first-order valence-corrected chi connectivity index (χ1v) is 6.73. The van der Waals surface area contributed by atoms with Crippen molar-refractivity contribution < 1.29 is 4.42 Å². The Morgan fingerprint density at radius 3 is 2.53 bits per heavy atom. The molecule has 1 N–H and O–H groups in total. The first-order chi connectivity index (χ1) is 8.79. The number of halogens is 2. The molecule has 1 aromatic heterocycles. The molecule has 0 atom stereocenters. The Balaban J connectivity index is 0.00000180. The van der Waals surface area contributed by atoms with E-state index >= 15 is 0 Å². The lowest BCUT2D eigenvalue weighted by Gasteiger charge is -2.01. The van der Waals surface area contributed by atoms with Gasteiger partial charge in [-0.15, -0.1) is 12.4 Å². The van der Waals surface area contributed by atoms with Crippen LogP contribution in [0.4, 0.5) is 0 Å². The highest BCUT2D eigenvalue weighted by atomic mass is 35.5. The molecule has 19 heavy (non-hydrogen) atoms. The van der Waals surface area contributed by atoms with Gasteiger partial charge in [-0.2, -0.15) is 0 Å². The maximum atomic E-state index is 5.86. The van der Waals surface area contributed by atoms with Gasteiger partial charge >= 0.3 is 0 Å². The molecule has 2 nitrogen and oxygen atoms in total. The Bertz CT molecular complexity index is 479. The van der Waals surface area contributed by atoms with E-state index in [0.29, 0.717) is 0 Å². The topological polar surface area (TPSA) is 25.2 Å². The number of nitrogens with one attached hydrogen (secondary N) is 1. The molecule has 0 fully saturated rings. The van der Waals surface area contributed by atoms with Gasteiger partial charge in [0.25, 0.3) is 0 Å². The monoisotopic (exact) mass is 299 g/mol. The van der Waals surface area contributed by atoms with Crippen LogP contribution in [0.2, 0.25) is 5.02 Å². The average molecular weight is 300 g/mol. The van der Waals surface area contributed by atoms with Crippen molar-refractivity contribution in [3.63, 3.8) is 0 Å². The number of hydrogen-bond donors (Lipinski definition) is 1. The van der Waals surface area contributed by atoms with Crippen LogP contribution in [0.25, 0.3) is 11.3 Å². The summed E-state index contributed by atoms with van der Waals surface area (Å²) in [7, 11) is 0. The summed E-state index contributed by atoms with van der Waals surface area (Å²) in [6.45, 7) is 4.01. The largest absolute Gasteiger partial charge is 0.460 e. The first-order valence-electron chi connectivity index (χ1n) is 6.35. The Labute approximate surface area is 125 Å². The molecule has 2 rings (SSSR count). The number of hydrogen-bond acceptors (Lipinski definition) is 2. The fraction of sp³-hybridized carbons (Fsp3) is 0.333. The van der Waals surface area contributed by atoms with Crippen LogP contribution < -0.4 is 5.32 Å². The van der Waals surface area contributed by atoms with Gasteiger partial charge in [-0.05, 0) is 49.4 Å². The van der Waals surface area contributed by atoms with E-state index in [1.54, 1.807) is 0 Å². The van der Waals surface area contributed by atoms with Crippen molar-refractivity contribution in [1.82, 2.24) is 5.32 Å². The molecule has 1 aromatic carbocycles. The number of rotatable bonds is 6. The lowest BCUT2D eigenvalue weighted by atomic mass is 10.2. The molecule has 0 radical (unpaired) electrons. The summed E-state index contributed by atoms with van der Waals surface area (Å²) in [5.41, 5.74) is 1.05. The fourth-order valence-corrected chi connectivity index (χ4v) is 1.88. The van der Waals surface area contributed by atoms with Crippen LogP contribution in [-0.2, 0) is 6.54 Å². The zero-order chi connectivity index (χ0) is 12.8. The Hall–Kier alpha value is -0.960. The van der Waals surface area contributed by atoms with Crippen molar-refractivity contribution in [3.8, 4) is 11.3 Å². The Kier molecular flexibility index (Phi) is 7.00. The fourth-order valence-electron chi connectivity index (χ4n) is 1.76. The molecule has 0 spiro atoms. The first kappa shape index (κ1) is 16.1. The molecule has 1 heterocycles. The predicted octanol–water partition coefficient (Wildman–Crippen LogP) is 4.91. The molecule has 0 aliphatic carbocycles. The van der Waals surface area contributed by atoms with Gasteiger partial charge in [0.15, 0.2) is 0 Å². The average Bonchev–Trinajstić information content (AvgIpc) is 2.84. The zero-order valence-electron chi connectivity index (χ0n) is 11.0. The van der Waals surface area contributed by atoms with Gasteiger partial charge < -0.3 is 9.73 Å². The van der Waals surface area contributed by atoms with E-state index in [1.165, 1.54) is 12.8 Å². The summed E-state index contributed by atoms with van der Waals surface area (Å²) in [5.74, 6) is 1.86. The second-order valence-electron chi connectivity index (χ2n) is 4.30. The van der Waals surface area contributed by atoms with Crippen molar-refractivity contribution in [2.24, 2.45) is 0 Å². The van der Waals surface area contributed by atoms with Crippen LogP contribution >= 0.6 is 24.0 Å². The molecule has 0 saturated carbocycles. The molecule has 0 aliphatic rings. The van der Waals surface area contributed by atoms with Crippen molar-refractivity contribution in [3.05, 3.63) is 47.2 Å². The summed E-state index contributed by atoms with van der Waals surface area (Å²) in [6.07, 6.45) is 2.41. The van der Waals surface area contributed by atoms with Gasteiger partial charge in [0, 0.05) is 10.6 Å². The molecule has 104 valence electrons. The molecule has 0 bridgehead atoms. The molecule has 0 unspecified atom stereocenters. The van der Waals surface area contributed by atoms with Crippen LogP contribution in [0.1, 0.15) is 25.5 Å². The van der Waals surface area contributed by atoms with E-state index in [-0.39, 0.29) is 12.4 Å². The van der Waals surface area contributed by atoms with Crippen molar-refractivity contribution >= 4 is 24.0 Å². The maximum Gasteiger partial charge on any atom is 0.134 e. The normalized spacial score (nSPS) is 10.2. The highest BCUT2D eigenvalue weighted by molar-refractivity contribution is 6.30. The lowest BCUT2D eigenvalue weighted by Crippen LogP contribution is -2.13. The SMILES string of the molecule is CCCCNCc1ccc(-c2ccc(Cl)cc2)o1.Cl. The summed E-state index contributed by atoms with van der Waals surface area (Å²) in [5, 5.41) is 4.10. The summed E-state index contributed by atoms with van der Waals surface area (Å²) in [4.78, 5) is 0. The minimum atomic E-state index is 0. The predicted molar refractivity (Wildman–Crippen MR) is 83.0 cm³/mol. The molecule has 0 saturated heterocycles. The standard InChI is InChI=1S/C15H18ClNO.ClH/c1-2-3-10-17-11-14-8-9-15(18-14)12-4-6-13(16)7-5-12;/h4-9,17H,2-3,10-11H2,1H3;1H. The highest BCUT2D eigenvalue weighted by Gasteiger charge is 2.04. The van der Waals surface area contributed by atoms with E-state index in [9.17, 15) is 0 Å². The molecular weight excluding hydrogens is 281 g/mol. The smallest absolute Gasteiger partial charge is 0.134 e. The quantitative estimate of drug-likeness (QED) is 0.767. The highest BCUT2D eigenvalue weighted by Crippen LogP contribution is 2.23. The minimum Gasteiger partial charge on any atom is -0.460 e. The van der Waals surface area contributed by atoms with Gasteiger partial charge in [-0.25, -0.2) is 0 Å². The van der Waals surface area contributed by atoms with Gasteiger partial charge in [0.1, 0.15) is 11.5 Å². The lowest BCUT2D eigenvalue weighted by molar-refractivity contribution is 0.490. The second-order valence-corrected chi connectivity index (χ2v) is 4.74. The summed E-state index contributed by atoms with van der Waals surface area (Å²) < 4.78 is 5.78. The molecule has 0 aliphatic heterocycles. The van der Waals surface area contributed by atoms with E-state index in [2.05, 4.69) is 12.2 Å². The second kappa shape index (κ2) is 8.26. The molecule has 4 heteroatoms. The third-order valence-electron chi connectivity index (χ3n) is 2.80. The van der Waals surface area contributed by atoms with Crippen LogP contribution in [0.15, 0.2) is 40.8 Å². The van der Waals surface area contributed by atoms with E-state index in [0.717, 1.165) is 35.2 Å². The minimum absolute atomic E-state index is 0. The molecule has 2 aromatic rings. The Morgan fingerprint density at radius 1 is 1.11 bits per heavy atom. The van der Waals surface area contributed by atoms with Gasteiger partial charge in [-0.3, -0.25) is 0 Å². The van der Waals surface area contributed by atoms with E-state index in [4.69, 9.17) is 16.0 Å². The van der Waals surface area contributed by atoms with Gasteiger partial charge in [0.2, 0.25) is 0 Å². The van der Waals surface area contributed by atoms with Crippen LogP contribution in [0.3, 0.4) is 0 Å². The Morgan fingerprint density at radius 2 is 1.84 bits per heavy atom. The van der Waals surface area contributed by atoms with Crippen molar-refractivity contribution in [1.29, 1.82) is 0 Å². The number of benzene rings is 1. The van der Waals surface area contributed by atoms with Crippen LogP contribution in [-0.4, -0.2) is 6.54 Å². The van der Waals surface area contributed by atoms with Crippen molar-refractivity contribution in [2.75, 3.05) is 6.54 Å². The van der Waals surface area contributed by atoms with Crippen molar-refractivity contribution in [2.45, 2.75) is 26.3 Å². The van der Waals surface area contributed by atoms with Gasteiger partial charge in [0.05, 0.1) is 6.54 Å². The van der Waals surface area contributed by atoms with Crippen LogP contribution in [0.5, 0.6) is 0 Å². The third-order valence-corrected chi connectivity index (χ3v) is 3.05. The maximum absolute atomic E-state index is 5.86. The molecular formula is C15H19Cl2NO. The molecule has 0 amide bonds. The van der Waals surface area contributed by atoms with E-state index < -0.39 is 0 Å². The summed E-state index contributed by atoms with van der Waals surface area (Å²) >= 11 is 5.86. The third kappa shape index (κ3) is 4.90. The summed E-state index contributed by atoms with van der Waals surface area (Å²) in [6, 6.07) is 11.7. The zero-order valence-corrected chi connectivity index (χ0v) is 12.6.